The molecule has 6 nitrogen and oxygen atoms in total. The smallest absolute Gasteiger partial charge is 0.104 e. The summed E-state index contributed by atoms with van der Waals surface area (Å²) in [6, 6.07) is 0.360. The maximum atomic E-state index is 6.46. The molecule has 1 heterocycles. The molecule has 1 fully saturated rings. The summed E-state index contributed by atoms with van der Waals surface area (Å²) in [5.74, 6) is 1.35. The highest BCUT2D eigenvalue weighted by Gasteiger charge is 2.30. The summed E-state index contributed by atoms with van der Waals surface area (Å²) in [5, 5.41) is 3.62. The Hall–Kier alpha value is -1.24. The van der Waals surface area contributed by atoms with E-state index in [2.05, 4.69) is 24.1 Å². The first-order chi connectivity index (χ1) is 11.7. The SMILES string of the molecule is COC1CN(/C(N)=C(/C=C(/C)N)COC(C)C)CCC1NCC(C)C. The van der Waals surface area contributed by atoms with Crippen molar-refractivity contribution in [1.82, 2.24) is 10.2 Å². The first-order valence-corrected chi connectivity index (χ1v) is 9.29. The highest BCUT2D eigenvalue weighted by Crippen LogP contribution is 2.19. The van der Waals surface area contributed by atoms with Crippen molar-refractivity contribution in [3.05, 3.63) is 23.2 Å². The van der Waals surface area contributed by atoms with Crippen LogP contribution < -0.4 is 16.8 Å². The summed E-state index contributed by atoms with van der Waals surface area (Å²) in [6.07, 6.45) is 3.16. The van der Waals surface area contributed by atoms with Crippen LogP contribution in [-0.2, 0) is 9.47 Å². The molecule has 0 saturated carbocycles. The zero-order valence-corrected chi connectivity index (χ0v) is 16.8. The second-order valence-electron chi connectivity index (χ2n) is 7.58. The third-order valence-electron chi connectivity index (χ3n) is 4.29. The van der Waals surface area contributed by atoms with Crippen LogP contribution in [0.3, 0.4) is 0 Å². The van der Waals surface area contributed by atoms with Gasteiger partial charge in [0.25, 0.3) is 0 Å². The molecule has 25 heavy (non-hydrogen) atoms. The second-order valence-corrected chi connectivity index (χ2v) is 7.58. The number of hydrogen-bond acceptors (Lipinski definition) is 6. The van der Waals surface area contributed by atoms with Gasteiger partial charge in [-0.3, -0.25) is 0 Å². The highest BCUT2D eigenvalue weighted by molar-refractivity contribution is 5.27. The van der Waals surface area contributed by atoms with Crippen molar-refractivity contribution in [2.45, 2.75) is 59.3 Å². The molecule has 6 heteroatoms. The van der Waals surface area contributed by atoms with Crippen LogP contribution in [0.1, 0.15) is 41.0 Å². The summed E-state index contributed by atoms with van der Waals surface area (Å²) in [6.45, 7) is 13.4. The summed E-state index contributed by atoms with van der Waals surface area (Å²) in [5.41, 5.74) is 14.0. The molecule has 2 atom stereocenters. The minimum Gasteiger partial charge on any atom is -0.402 e. The molecule has 0 aliphatic carbocycles. The topological polar surface area (TPSA) is 85.8 Å². The fourth-order valence-electron chi connectivity index (χ4n) is 2.92. The van der Waals surface area contributed by atoms with Crippen LogP contribution in [0.15, 0.2) is 23.2 Å². The first-order valence-electron chi connectivity index (χ1n) is 9.29. The lowest BCUT2D eigenvalue weighted by Gasteiger charge is -2.40. The molecule has 0 aromatic rings. The Morgan fingerprint density at radius 2 is 1.96 bits per heavy atom. The molecule has 2 unspecified atom stereocenters. The van der Waals surface area contributed by atoms with E-state index in [1.165, 1.54) is 0 Å². The van der Waals surface area contributed by atoms with Gasteiger partial charge < -0.3 is 31.2 Å². The third kappa shape index (κ3) is 7.67. The standard InChI is InChI=1S/C19H38N4O2/c1-13(2)10-22-17-7-8-23(11-18(17)24-6)19(21)16(9-15(5)20)12-25-14(3)4/h9,13-14,17-18,22H,7-8,10-12,20-21H2,1-6H3/b15-9-,19-16-. The van der Waals surface area contributed by atoms with Gasteiger partial charge in [-0.05, 0) is 45.7 Å². The fourth-order valence-corrected chi connectivity index (χ4v) is 2.92. The third-order valence-corrected chi connectivity index (χ3v) is 4.29. The molecule has 146 valence electrons. The molecule has 1 aliphatic heterocycles. The van der Waals surface area contributed by atoms with Gasteiger partial charge in [0.2, 0.25) is 0 Å². The lowest BCUT2D eigenvalue weighted by molar-refractivity contribution is 0.0144. The maximum Gasteiger partial charge on any atom is 0.104 e. The maximum absolute atomic E-state index is 6.46. The van der Waals surface area contributed by atoms with Gasteiger partial charge in [0.05, 0.1) is 18.8 Å². The zero-order valence-electron chi connectivity index (χ0n) is 16.8. The highest BCUT2D eigenvalue weighted by atomic mass is 16.5. The molecule has 0 bridgehead atoms. The van der Waals surface area contributed by atoms with Crippen LogP contribution in [0.4, 0.5) is 0 Å². The number of nitrogens with two attached hydrogens (primary N) is 2. The molecule has 1 aliphatic rings. The van der Waals surface area contributed by atoms with Crippen LogP contribution in [0.2, 0.25) is 0 Å². The molecule has 0 amide bonds. The Morgan fingerprint density at radius 3 is 2.48 bits per heavy atom. The molecule has 0 aromatic carbocycles. The normalized spacial score (nSPS) is 23.4. The van der Waals surface area contributed by atoms with Crippen molar-refractivity contribution in [1.29, 1.82) is 0 Å². The number of methoxy groups -OCH3 is 1. The Bertz CT molecular complexity index is 456. The van der Waals surface area contributed by atoms with Crippen LogP contribution in [0, 0.1) is 5.92 Å². The average molecular weight is 355 g/mol. The number of allylic oxidation sites excluding steroid dienone is 1. The fraction of sp³-hybridized carbons (Fsp3) is 0.789. The van der Waals surface area contributed by atoms with E-state index in [4.69, 9.17) is 20.9 Å². The van der Waals surface area contributed by atoms with Gasteiger partial charge >= 0.3 is 0 Å². The van der Waals surface area contributed by atoms with E-state index in [1.54, 1.807) is 7.11 Å². The lowest BCUT2D eigenvalue weighted by Crippen LogP contribution is -2.54. The monoisotopic (exact) mass is 354 g/mol. The van der Waals surface area contributed by atoms with Crippen LogP contribution in [0.5, 0.6) is 0 Å². The van der Waals surface area contributed by atoms with Crippen LogP contribution in [0.25, 0.3) is 0 Å². The zero-order chi connectivity index (χ0) is 19.0. The van der Waals surface area contributed by atoms with Gasteiger partial charge in [-0.1, -0.05) is 13.8 Å². The number of nitrogens with zero attached hydrogens (tertiary/aromatic N) is 1. The van der Waals surface area contributed by atoms with Crippen molar-refractivity contribution >= 4 is 0 Å². The molecular formula is C19H38N4O2. The largest absolute Gasteiger partial charge is 0.402 e. The first kappa shape index (κ1) is 21.8. The van der Waals surface area contributed by atoms with Crippen molar-refractivity contribution in [2.24, 2.45) is 17.4 Å². The summed E-state index contributed by atoms with van der Waals surface area (Å²) < 4.78 is 11.5. The lowest BCUT2D eigenvalue weighted by atomic mass is 10.0. The average Bonchev–Trinajstić information content (AvgIpc) is 2.55. The quantitative estimate of drug-likeness (QED) is 0.547. The molecular weight excluding hydrogens is 316 g/mol. The predicted octanol–water partition coefficient (Wildman–Crippen LogP) is 1.78. The Balaban J connectivity index is 2.84. The minimum absolute atomic E-state index is 0.112. The molecule has 1 rings (SSSR count). The Labute approximate surface area is 153 Å². The number of nitrogens with one attached hydrogen (secondary N) is 1. The summed E-state index contributed by atoms with van der Waals surface area (Å²) in [4.78, 5) is 2.18. The Morgan fingerprint density at radius 1 is 1.28 bits per heavy atom. The van der Waals surface area contributed by atoms with Crippen LogP contribution in [-0.4, -0.2) is 56.5 Å². The molecule has 1 saturated heterocycles. The minimum atomic E-state index is 0.112. The van der Waals surface area contributed by atoms with Crippen molar-refractivity contribution in [3.63, 3.8) is 0 Å². The summed E-state index contributed by atoms with van der Waals surface area (Å²) in [7, 11) is 1.77. The van der Waals surface area contributed by atoms with E-state index in [0.29, 0.717) is 18.6 Å². The van der Waals surface area contributed by atoms with Crippen molar-refractivity contribution < 1.29 is 9.47 Å². The molecule has 0 radical (unpaired) electrons. The molecule has 5 N–H and O–H groups in total. The molecule has 0 aromatic heterocycles. The van der Waals surface area contributed by atoms with E-state index in [-0.39, 0.29) is 12.2 Å². The molecule has 0 spiro atoms. The number of piperidine rings is 1. The van der Waals surface area contributed by atoms with Crippen molar-refractivity contribution in [2.75, 3.05) is 33.4 Å². The summed E-state index contributed by atoms with van der Waals surface area (Å²) >= 11 is 0. The van der Waals surface area contributed by atoms with Gasteiger partial charge in [-0.15, -0.1) is 0 Å². The number of likely N-dealkylation sites (tertiary alicyclic amines) is 1. The number of rotatable bonds is 9. The Kier molecular flexibility index (Phi) is 9.32. The van der Waals surface area contributed by atoms with E-state index < -0.39 is 0 Å². The predicted molar refractivity (Wildman–Crippen MR) is 104 cm³/mol. The van der Waals surface area contributed by atoms with Gasteiger partial charge in [-0.25, -0.2) is 0 Å². The second kappa shape index (κ2) is 10.7. The van der Waals surface area contributed by atoms with Gasteiger partial charge in [-0.2, -0.15) is 0 Å². The van der Waals surface area contributed by atoms with Gasteiger partial charge in [0.1, 0.15) is 5.82 Å². The van der Waals surface area contributed by atoms with Gasteiger partial charge in [0, 0.05) is 37.5 Å². The number of hydrogen-bond donors (Lipinski definition) is 3. The van der Waals surface area contributed by atoms with E-state index in [1.807, 2.05) is 26.8 Å². The van der Waals surface area contributed by atoms with Crippen LogP contribution >= 0.6 is 0 Å². The van der Waals surface area contributed by atoms with E-state index >= 15 is 0 Å². The number of ether oxygens (including phenoxy) is 2. The van der Waals surface area contributed by atoms with Gasteiger partial charge in [0.15, 0.2) is 0 Å². The van der Waals surface area contributed by atoms with Crippen molar-refractivity contribution in [3.8, 4) is 0 Å². The van der Waals surface area contributed by atoms with E-state index in [0.717, 1.165) is 43.1 Å². The van der Waals surface area contributed by atoms with E-state index in [9.17, 15) is 0 Å².